The standard InChI is InChI=1S/C38H71NO6/c1-5-9-10-11-12-13-14-15-16-17-18-19-20-21-22-23-24-25-26-27-28-32-39(33(29-6-2)36(40)41,34(30-7-3)37(42)43)35(31-8-4)38(44)45/h28,32-35H,5-27,29-31H2,1-4H3,(H2-,40,41,42,43,44,45)/p+1/b32-28+. The molecule has 0 aromatic heterocycles. The number of rotatable bonds is 33. The third-order valence-corrected chi connectivity index (χ3v) is 9.50. The number of unbranched alkanes of at least 4 members (excludes halogenated alkanes) is 19. The van der Waals surface area contributed by atoms with Crippen LogP contribution in [0.3, 0.4) is 0 Å². The van der Waals surface area contributed by atoms with Crippen LogP contribution in [0.25, 0.3) is 0 Å². The van der Waals surface area contributed by atoms with Crippen molar-refractivity contribution >= 4 is 17.9 Å². The highest BCUT2D eigenvalue weighted by Crippen LogP contribution is 2.34. The minimum atomic E-state index is -1.13. The van der Waals surface area contributed by atoms with Gasteiger partial charge in [0.2, 0.25) is 0 Å². The predicted molar refractivity (Wildman–Crippen MR) is 186 cm³/mol. The average Bonchev–Trinajstić information content (AvgIpc) is 3.00. The number of hydrogen-bond donors (Lipinski definition) is 3. The summed E-state index contributed by atoms with van der Waals surface area (Å²) in [4.78, 5) is 37.7. The fourth-order valence-corrected chi connectivity index (χ4v) is 7.00. The summed E-state index contributed by atoms with van der Waals surface area (Å²) in [6, 6.07) is -3.38. The minimum absolute atomic E-state index is 0.222. The Kier molecular flexibility index (Phi) is 27.2. The number of carboxylic acids is 3. The summed E-state index contributed by atoms with van der Waals surface area (Å²) in [6.45, 7) is 7.85. The summed E-state index contributed by atoms with van der Waals surface area (Å²) in [5.74, 6) is -3.39. The van der Waals surface area contributed by atoms with Crippen molar-refractivity contribution in [2.45, 2.75) is 213 Å². The Hall–Kier alpha value is -1.89. The van der Waals surface area contributed by atoms with E-state index in [9.17, 15) is 29.7 Å². The first kappa shape index (κ1) is 43.1. The average molecular weight is 639 g/mol. The summed E-state index contributed by atoms with van der Waals surface area (Å²) in [5.41, 5.74) is 0. The van der Waals surface area contributed by atoms with E-state index >= 15 is 0 Å². The molecule has 0 bridgehead atoms. The van der Waals surface area contributed by atoms with Crippen LogP contribution >= 0.6 is 0 Å². The summed E-state index contributed by atoms with van der Waals surface area (Å²) in [5, 5.41) is 30.8. The van der Waals surface area contributed by atoms with E-state index in [0.29, 0.717) is 25.7 Å². The second-order valence-corrected chi connectivity index (χ2v) is 13.4. The van der Waals surface area contributed by atoms with Gasteiger partial charge in [0, 0.05) is 19.3 Å². The van der Waals surface area contributed by atoms with E-state index in [1.54, 1.807) is 6.20 Å². The third-order valence-electron chi connectivity index (χ3n) is 9.50. The Labute approximate surface area is 276 Å². The first-order valence-corrected chi connectivity index (χ1v) is 19.0. The van der Waals surface area contributed by atoms with Crippen LogP contribution in [0, 0.1) is 0 Å². The molecule has 0 aliphatic carbocycles. The van der Waals surface area contributed by atoms with Crippen LogP contribution in [-0.4, -0.2) is 55.8 Å². The highest BCUT2D eigenvalue weighted by atomic mass is 16.4. The van der Waals surface area contributed by atoms with E-state index < -0.39 is 40.5 Å². The molecule has 3 N–H and O–H groups in total. The summed E-state index contributed by atoms with van der Waals surface area (Å²) in [6.07, 6.45) is 31.4. The van der Waals surface area contributed by atoms with Gasteiger partial charge in [-0.2, -0.15) is 0 Å². The van der Waals surface area contributed by atoms with Crippen molar-refractivity contribution in [3.8, 4) is 0 Å². The Balaban J connectivity index is 4.73. The van der Waals surface area contributed by atoms with Crippen LogP contribution in [0.5, 0.6) is 0 Å². The fraction of sp³-hybridized carbons (Fsp3) is 0.868. The van der Waals surface area contributed by atoms with E-state index in [0.717, 1.165) is 19.3 Å². The molecule has 0 heterocycles. The molecule has 3 unspecified atom stereocenters. The summed E-state index contributed by atoms with van der Waals surface area (Å²) in [7, 11) is 0. The molecule has 3 atom stereocenters. The molecule has 0 saturated heterocycles. The van der Waals surface area contributed by atoms with Gasteiger partial charge in [0.05, 0.1) is 6.20 Å². The summed E-state index contributed by atoms with van der Waals surface area (Å²) >= 11 is 0. The van der Waals surface area contributed by atoms with Gasteiger partial charge in [-0.25, -0.2) is 14.4 Å². The minimum Gasteiger partial charge on any atom is -0.477 e. The Morgan fingerprint density at radius 2 is 0.711 bits per heavy atom. The zero-order chi connectivity index (χ0) is 33.8. The second kappa shape index (κ2) is 28.3. The maximum absolute atomic E-state index is 12.6. The molecule has 45 heavy (non-hydrogen) atoms. The maximum atomic E-state index is 12.6. The van der Waals surface area contributed by atoms with Crippen LogP contribution in [0.1, 0.15) is 195 Å². The normalized spacial score (nSPS) is 15.1. The Morgan fingerprint density at radius 1 is 0.444 bits per heavy atom. The van der Waals surface area contributed by atoms with Gasteiger partial charge in [-0.15, -0.1) is 0 Å². The SMILES string of the molecule is CCCCCCCCCCCCCCCCCCCCC/C=C/[N+](C(CCC)C(=O)O)(C(CCC)C(=O)O)C(CCC)C(=O)O. The van der Waals surface area contributed by atoms with Gasteiger partial charge in [0.15, 0.2) is 18.1 Å². The lowest BCUT2D eigenvalue weighted by atomic mass is 9.93. The molecule has 0 aliphatic heterocycles. The summed E-state index contributed by atoms with van der Waals surface area (Å²) < 4.78 is -0.547. The molecular formula is C38H72NO6+. The zero-order valence-corrected chi connectivity index (χ0v) is 29.8. The quantitative estimate of drug-likeness (QED) is 0.0487. The van der Waals surface area contributed by atoms with Crippen molar-refractivity contribution in [2.75, 3.05) is 0 Å². The van der Waals surface area contributed by atoms with Crippen molar-refractivity contribution in [2.24, 2.45) is 0 Å². The van der Waals surface area contributed by atoms with Crippen molar-refractivity contribution in [3.63, 3.8) is 0 Å². The van der Waals surface area contributed by atoms with Crippen LogP contribution in [0.4, 0.5) is 0 Å². The lowest BCUT2D eigenvalue weighted by molar-refractivity contribution is -0.928. The van der Waals surface area contributed by atoms with Crippen LogP contribution in [-0.2, 0) is 14.4 Å². The van der Waals surface area contributed by atoms with Crippen molar-refractivity contribution in [1.29, 1.82) is 0 Å². The maximum Gasteiger partial charge on any atom is 0.363 e. The highest BCUT2D eigenvalue weighted by molar-refractivity contribution is 5.78. The van der Waals surface area contributed by atoms with E-state index in [1.807, 2.05) is 26.8 Å². The van der Waals surface area contributed by atoms with Gasteiger partial charge in [-0.3, -0.25) is 4.48 Å². The van der Waals surface area contributed by atoms with Crippen molar-refractivity contribution in [3.05, 3.63) is 12.3 Å². The number of nitrogens with zero attached hydrogens (tertiary/aromatic N) is 1. The smallest absolute Gasteiger partial charge is 0.363 e. The van der Waals surface area contributed by atoms with E-state index in [4.69, 9.17) is 0 Å². The lowest BCUT2D eigenvalue weighted by Gasteiger charge is -2.47. The topological polar surface area (TPSA) is 112 Å². The second-order valence-electron chi connectivity index (χ2n) is 13.4. The molecule has 0 aliphatic rings. The number of quaternary nitrogens is 1. The molecule has 0 spiro atoms. The lowest BCUT2D eigenvalue weighted by Crippen LogP contribution is -2.69. The Bertz CT molecular complexity index is 722. The van der Waals surface area contributed by atoms with Crippen molar-refractivity contribution < 1.29 is 34.2 Å². The number of hydrogen-bond acceptors (Lipinski definition) is 3. The Morgan fingerprint density at radius 3 is 0.956 bits per heavy atom. The van der Waals surface area contributed by atoms with Gasteiger partial charge < -0.3 is 15.3 Å². The molecule has 264 valence electrons. The predicted octanol–water partition coefficient (Wildman–Crippen LogP) is 10.9. The number of carboxylic acid groups (broad SMARTS) is 3. The van der Waals surface area contributed by atoms with Gasteiger partial charge >= 0.3 is 17.9 Å². The molecule has 0 radical (unpaired) electrons. The van der Waals surface area contributed by atoms with Gasteiger partial charge in [-0.1, -0.05) is 143 Å². The fourth-order valence-electron chi connectivity index (χ4n) is 7.00. The molecule has 0 aromatic rings. The molecule has 7 heteroatoms. The van der Waals surface area contributed by atoms with E-state index in [2.05, 4.69) is 6.92 Å². The van der Waals surface area contributed by atoms with Crippen LogP contribution in [0.15, 0.2) is 12.3 Å². The highest BCUT2D eigenvalue weighted by Gasteiger charge is 2.56. The monoisotopic (exact) mass is 639 g/mol. The molecular weight excluding hydrogens is 566 g/mol. The number of aliphatic carboxylic acids is 3. The van der Waals surface area contributed by atoms with Gasteiger partial charge in [0.25, 0.3) is 0 Å². The van der Waals surface area contributed by atoms with Gasteiger partial charge in [0.1, 0.15) is 0 Å². The van der Waals surface area contributed by atoms with Gasteiger partial charge in [-0.05, 0) is 38.2 Å². The molecule has 7 nitrogen and oxygen atoms in total. The van der Waals surface area contributed by atoms with E-state index in [-0.39, 0.29) is 19.3 Å². The molecule has 0 rings (SSSR count). The zero-order valence-electron chi connectivity index (χ0n) is 29.8. The first-order chi connectivity index (χ1) is 21.7. The molecule has 0 amide bonds. The molecule has 0 saturated carbocycles. The van der Waals surface area contributed by atoms with E-state index in [1.165, 1.54) is 103 Å². The largest absolute Gasteiger partial charge is 0.477 e. The first-order valence-electron chi connectivity index (χ1n) is 19.0. The molecule has 0 aromatic carbocycles. The number of carbonyl (C=O) groups is 3. The molecule has 0 fully saturated rings. The van der Waals surface area contributed by atoms with Crippen LogP contribution in [0.2, 0.25) is 0 Å². The number of allylic oxidation sites excluding steroid dienone is 1. The third kappa shape index (κ3) is 18.1. The van der Waals surface area contributed by atoms with Crippen LogP contribution < -0.4 is 0 Å². The van der Waals surface area contributed by atoms with Crippen molar-refractivity contribution in [1.82, 2.24) is 0 Å².